The predicted octanol–water partition coefficient (Wildman–Crippen LogP) is 2.49. The first-order chi connectivity index (χ1) is 8.17. The van der Waals surface area contributed by atoms with Gasteiger partial charge in [-0.1, -0.05) is 33.6 Å². The average molecular weight is 241 g/mol. The summed E-state index contributed by atoms with van der Waals surface area (Å²) in [4.78, 5) is 14.4. The highest BCUT2D eigenvalue weighted by molar-refractivity contribution is 5.83. The molecule has 1 rings (SSSR count). The van der Waals surface area contributed by atoms with Crippen LogP contribution in [-0.4, -0.2) is 43.0 Å². The van der Waals surface area contributed by atoms with Crippen molar-refractivity contribution in [2.75, 3.05) is 26.2 Å². The lowest BCUT2D eigenvalue weighted by molar-refractivity contribution is -0.137. The lowest BCUT2D eigenvalue weighted by Gasteiger charge is -2.32. The Balaban J connectivity index is 2.35. The molecule has 0 bridgehead atoms. The molecular formula is C14H27NO2. The van der Waals surface area contributed by atoms with Gasteiger partial charge in [-0.25, -0.2) is 0 Å². The average Bonchev–Trinajstić information content (AvgIpc) is 2.30. The topological polar surface area (TPSA) is 29.5 Å². The first-order valence-corrected chi connectivity index (χ1v) is 7.04. The fourth-order valence-corrected chi connectivity index (χ4v) is 2.49. The van der Waals surface area contributed by atoms with Gasteiger partial charge in [0.05, 0.1) is 6.61 Å². The summed E-state index contributed by atoms with van der Waals surface area (Å²) >= 11 is 0. The minimum Gasteiger partial charge on any atom is -0.368 e. The number of nitrogens with zero attached hydrogens (tertiary/aromatic N) is 1. The predicted molar refractivity (Wildman–Crippen MR) is 70.2 cm³/mol. The Morgan fingerprint density at radius 1 is 1.41 bits per heavy atom. The third kappa shape index (κ3) is 5.17. The van der Waals surface area contributed by atoms with E-state index in [1.807, 2.05) is 0 Å². The van der Waals surface area contributed by atoms with E-state index in [0.717, 1.165) is 38.9 Å². The maximum absolute atomic E-state index is 12.1. The van der Waals surface area contributed by atoms with E-state index in [9.17, 15) is 4.79 Å². The SMILES string of the molecule is CCCC(C)CC(=O)C1CN(CCC)CCO1. The van der Waals surface area contributed by atoms with Gasteiger partial charge in [-0.05, 0) is 18.9 Å². The van der Waals surface area contributed by atoms with Crippen molar-refractivity contribution in [3.05, 3.63) is 0 Å². The van der Waals surface area contributed by atoms with Crippen LogP contribution in [0, 0.1) is 5.92 Å². The van der Waals surface area contributed by atoms with Gasteiger partial charge in [0, 0.05) is 19.5 Å². The van der Waals surface area contributed by atoms with Crippen molar-refractivity contribution in [2.45, 2.75) is 52.6 Å². The molecule has 1 saturated heterocycles. The standard InChI is InChI=1S/C14H27NO2/c1-4-6-12(3)10-13(16)14-11-15(7-5-2)8-9-17-14/h12,14H,4-11H2,1-3H3. The molecule has 2 unspecified atom stereocenters. The molecule has 0 amide bonds. The summed E-state index contributed by atoms with van der Waals surface area (Å²) < 4.78 is 5.60. The summed E-state index contributed by atoms with van der Waals surface area (Å²) in [6.45, 7) is 10.1. The molecule has 17 heavy (non-hydrogen) atoms. The highest BCUT2D eigenvalue weighted by Crippen LogP contribution is 2.15. The van der Waals surface area contributed by atoms with E-state index >= 15 is 0 Å². The van der Waals surface area contributed by atoms with Crippen LogP contribution in [0.15, 0.2) is 0 Å². The maximum Gasteiger partial charge on any atom is 0.163 e. The van der Waals surface area contributed by atoms with Crippen LogP contribution in [-0.2, 0) is 9.53 Å². The van der Waals surface area contributed by atoms with Crippen molar-refractivity contribution in [3.8, 4) is 0 Å². The molecule has 3 heteroatoms. The van der Waals surface area contributed by atoms with Gasteiger partial charge >= 0.3 is 0 Å². The van der Waals surface area contributed by atoms with Crippen molar-refractivity contribution in [1.82, 2.24) is 4.90 Å². The highest BCUT2D eigenvalue weighted by atomic mass is 16.5. The molecule has 0 spiro atoms. The van der Waals surface area contributed by atoms with Crippen LogP contribution in [0.2, 0.25) is 0 Å². The molecule has 3 nitrogen and oxygen atoms in total. The Morgan fingerprint density at radius 2 is 2.18 bits per heavy atom. The summed E-state index contributed by atoms with van der Waals surface area (Å²) in [5.41, 5.74) is 0. The van der Waals surface area contributed by atoms with Crippen LogP contribution >= 0.6 is 0 Å². The molecule has 1 aliphatic rings. The molecule has 1 fully saturated rings. The molecule has 0 aromatic heterocycles. The Morgan fingerprint density at radius 3 is 2.82 bits per heavy atom. The lowest BCUT2D eigenvalue weighted by Crippen LogP contribution is -2.46. The van der Waals surface area contributed by atoms with E-state index in [1.54, 1.807) is 0 Å². The summed E-state index contributed by atoms with van der Waals surface area (Å²) in [7, 11) is 0. The van der Waals surface area contributed by atoms with Crippen LogP contribution in [0.4, 0.5) is 0 Å². The number of carbonyl (C=O) groups excluding carboxylic acids is 1. The number of morpholine rings is 1. The third-order valence-corrected chi connectivity index (χ3v) is 3.38. The second-order valence-electron chi connectivity index (χ2n) is 5.22. The minimum absolute atomic E-state index is 0.172. The van der Waals surface area contributed by atoms with Crippen LogP contribution in [0.1, 0.15) is 46.5 Å². The highest BCUT2D eigenvalue weighted by Gasteiger charge is 2.26. The summed E-state index contributed by atoms with van der Waals surface area (Å²) in [6.07, 6.45) is 3.94. The van der Waals surface area contributed by atoms with Gasteiger partial charge in [0.1, 0.15) is 6.10 Å². The van der Waals surface area contributed by atoms with Crippen molar-refractivity contribution in [3.63, 3.8) is 0 Å². The molecule has 2 atom stereocenters. The quantitative estimate of drug-likeness (QED) is 0.686. The molecule has 0 N–H and O–H groups in total. The zero-order valence-electron chi connectivity index (χ0n) is 11.6. The number of carbonyl (C=O) groups is 1. The fraction of sp³-hybridized carbons (Fsp3) is 0.929. The van der Waals surface area contributed by atoms with Crippen LogP contribution in [0.5, 0.6) is 0 Å². The van der Waals surface area contributed by atoms with Gasteiger partial charge < -0.3 is 4.74 Å². The Bertz CT molecular complexity index is 228. The zero-order chi connectivity index (χ0) is 12.7. The fourth-order valence-electron chi connectivity index (χ4n) is 2.49. The molecule has 0 radical (unpaired) electrons. The summed E-state index contributed by atoms with van der Waals surface area (Å²) in [5, 5.41) is 0. The number of hydrogen-bond donors (Lipinski definition) is 0. The second-order valence-corrected chi connectivity index (χ2v) is 5.22. The van der Waals surface area contributed by atoms with Gasteiger partial charge in [-0.2, -0.15) is 0 Å². The number of ether oxygens (including phenoxy) is 1. The molecular weight excluding hydrogens is 214 g/mol. The van der Waals surface area contributed by atoms with Gasteiger partial charge in [0.2, 0.25) is 0 Å². The van der Waals surface area contributed by atoms with Crippen molar-refractivity contribution in [2.24, 2.45) is 5.92 Å². The molecule has 1 aliphatic heterocycles. The first-order valence-electron chi connectivity index (χ1n) is 7.04. The van der Waals surface area contributed by atoms with Crippen LogP contribution in [0.3, 0.4) is 0 Å². The smallest absolute Gasteiger partial charge is 0.163 e. The van der Waals surface area contributed by atoms with E-state index in [0.29, 0.717) is 24.7 Å². The van der Waals surface area contributed by atoms with Gasteiger partial charge in [0.15, 0.2) is 5.78 Å². The van der Waals surface area contributed by atoms with E-state index in [2.05, 4.69) is 25.7 Å². The van der Waals surface area contributed by atoms with Gasteiger partial charge in [-0.3, -0.25) is 9.69 Å². The number of rotatable bonds is 7. The zero-order valence-corrected chi connectivity index (χ0v) is 11.6. The third-order valence-electron chi connectivity index (χ3n) is 3.38. The molecule has 1 heterocycles. The number of Topliss-reactive ketones (excluding diaryl/α,β-unsaturated/α-hetero) is 1. The molecule has 100 valence electrons. The van der Waals surface area contributed by atoms with Crippen molar-refractivity contribution in [1.29, 1.82) is 0 Å². The Kier molecular flexibility index (Phi) is 6.75. The van der Waals surface area contributed by atoms with Crippen molar-refractivity contribution >= 4 is 5.78 Å². The molecule has 0 aromatic rings. The molecule has 0 aliphatic carbocycles. The second kappa shape index (κ2) is 7.83. The normalized spacial score (nSPS) is 23.6. The molecule has 0 saturated carbocycles. The Hall–Kier alpha value is -0.410. The van der Waals surface area contributed by atoms with Crippen molar-refractivity contribution < 1.29 is 9.53 Å². The monoisotopic (exact) mass is 241 g/mol. The van der Waals surface area contributed by atoms with E-state index in [4.69, 9.17) is 4.74 Å². The van der Waals surface area contributed by atoms with E-state index in [1.165, 1.54) is 0 Å². The van der Waals surface area contributed by atoms with Gasteiger partial charge in [-0.15, -0.1) is 0 Å². The van der Waals surface area contributed by atoms with E-state index in [-0.39, 0.29) is 6.10 Å². The summed E-state index contributed by atoms with van der Waals surface area (Å²) in [6, 6.07) is 0. The molecule has 0 aromatic carbocycles. The van der Waals surface area contributed by atoms with Crippen LogP contribution in [0.25, 0.3) is 0 Å². The summed E-state index contributed by atoms with van der Waals surface area (Å²) in [5.74, 6) is 0.796. The maximum atomic E-state index is 12.1. The van der Waals surface area contributed by atoms with Gasteiger partial charge in [0.25, 0.3) is 0 Å². The van der Waals surface area contributed by atoms with Crippen LogP contribution < -0.4 is 0 Å². The largest absolute Gasteiger partial charge is 0.368 e. The Labute approximate surface area is 106 Å². The van der Waals surface area contributed by atoms with E-state index < -0.39 is 0 Å². The number of ketones is 1. The number of hydrogen-bond acceptors (Lipinski definition) is 3. The minimum atomic E-state index is -0.172. The lowest BCUT2D eigenvalue weighted by atomic mass is 9.97. The first kappa shape index (κ1) is 14.7.